The van der Waals surface area contributed by atoms with Gasteiger partial charge in [0.2, 0.25) is 0 Å². The summed E-state index contributed by atoms with van der Waals surface area (Å²) in [6.45, 7) is 24.2. The molecule has 0 fully saturated rings. The summed E-state index contributed by atoms with van der Waals surface area (Å²) in [5.41, 5.74) is 13.0. The molecule has 0 amide bonds. The summed E-state index contributed by atoms with van der Waals surface area (Å²) in [5, 5.41) is 2.91. The fourth-order valence-electron chi connectivity index (χ4n) is 11.7. The maximum absolute atomic E-state index is 7.33. The first-order chi connectivity index (χ1) is 24.0. The van der Waals surface area contributed by atoms with E-state index in [1.54, 1.807) is 0 Å². The van der Waals surface area contributed by atoms with Crippen LogP contribution in [0.1, 0.15) is 90.5 Å². The lowest BCUT2D eigenvalue weighted by Crippen LogP contribution is -2.59. The Kier molecular flexibility index (Phi) is 5.93. The van der Waals surface area contributed by atoms with Crippen molar-refractivity contribution < 1.29 is 9.47 Å². The van der Waals surface area contributed by atoms with E-state index in [0.717, 1.165) is 47.0 Å². The van der Waals surface area contributed by atoms with Crippen molar-refractivity contribution >= 4 is 58.6 Å². The number of rotatable bonds is 1. The summed E-state index contributed by atoms with van der Waals surface area (Å²) in [5.74, 6) is 3.95. The molecular weight excluding hydrogens is 637 g/mol. The van der Waals surface area contributed by atoms with E-state index < -0.39 is 8.07 Å². The maximum Gasteiger partial charge on any atom is 0.260 e. The summed E-state index contributed by atoms with van der Waals surface area (Å²) >= 11 is 0. The smallest absolute Gasteiger partial charge is 0.260 e. The zero-order chi connectivity index (χ0) is 35.6. The molecule has 0 bridgehead atoms. The summed E-state index contributed by atoms with van der Waals surface area (Å²) in [6, 6.07) is 32.3. The lowest BCUT2D eigenvalue weighted by Gasteiger charge is -2.42. The van der Waals surface area contributed by atoms with Gasteiger partial charge >= 0.3 is 0 Å². The van der Waals surface area contributed by atoms with Gasteiger partial charge in [0.15, 0.2) is 0 Å². The SMILES string of the molecule is CC1(C)CC(C)(C)c2c1ccc1c2Oc2cc(N3c4ccccc4[Si](C)(C)c4ccccc43)cc3c2B1c1ccc2c(c1O3)C(C)(C)CC2(C)C. The fourth-order valence-corrected chi connectivity index (χ4v) is 14.7. The van der Waals surface area contributed by atoms with Crippen LogP contribution in [0, 0.1) is 0 Å². The Balaban J connectivity index is 1.27. The molecule has 5 aromatic rings. The van der Waals surface area contributed by atoms with Crippen LogP contribution < -0.4 is 41.1 Å². The Labute approximate surface area is 305 Å². The Morgan fingerprint density at radius 1 is 0.569 bits per heavy atom. The van der Waals surface area contributed by atoms with Gasteiger partial charge in [0.25, 0.3) is 6.71 Å². The minimum Gasteiger partial charge on any atom is -0.458 e. The van der Waals surface area contributed by atoms with E-state index in [2.05, 4.69) is 158 Å². The number of hydrogen-bond donors (Lipinski definition) is 0. The van der Waals surface area contributed by atoms with Crippen molar-refractivity contribution in [3.8, 4) is 23.0 Å². The van der Waals surface area contributed by atoms with E-state index in [0.29, 0.717) is 0 Å². The van der Waals surface area contributed by atoms with Crippen molar-refractivity contribution in [1.29, 1.82) is 0 Å². The topological polar surface area (TPSA) is 21.7 Å². The van der Waals surface area contributed by atoms with Crippen molar-refractivity contribution in [2.45, 2.75) is 103 Å². The zero-order valence-corrected chi connectivity index (χ0v) is 32.8. The molecule has 0 saturated carbocycles. The Bertz CT molecular complexity index is 2230. The number of nitrogens with zero attached hydrogens (tertiary/aromatic N) is 1. The number of benzene rings is 5. The quantitative estimate of drug-likeness (QED) is 0.161. The highest BCUT2D eigenvalue weighted by Crippen LogP contribution is 2.56. The number of ether oxygens (including phenoxy) is 2. The van der Waals surface area contributed by atoms with E-state index in [4.69, 9.17) is 9.47 Å². The molecule has 0 aromatic heterocycles. The van der Waals surface area contributed by atoms with Gasteiger partial charge in [-0.15, -0.1) is 0 Å². The van der Waals surface area contributed by atoms with Gasteiger partial charge in [0.1, 0.15) is 31.1 Å². The molecule has 3 aliphatic heterocycles. The molecule has 2 aliphatic carbocycles. The number of anilines is 3. The fraction of sp³-hybridized carbons (Fsp3) is 0.348. The molecule has 256 valence electrons. The first kappa shape index (κ1) is 31.5. The Morgan fingerprint density at radius 3 is 1.45 bits per heavy atom. The zero-order valence-electron chi connectivity index (χ0n) is 31.8. The van der Waals surface area contributed by atoms with Gasteiger partial charge in [-0.3, -0.25) is 0 Å². The lowest BCUT2D eigenvalue weighted by molar-refractivity contribution is 0.392. The highest BCUT2D eigenvalue weighted by molar-refractivity contribution is 7.02. The molecule has 5 heteroatoms. The number of para-hydroxylation sites is 2. The third-order valence-corrected chi connectivity index (χ3v) is 16.8. The van der Waals surface area contributed by atoms with E-state index in [-0.39, 0.29) is 28.4 Å². The van der Waals surface area contributed by atoms with Gasteiger partial charge in [0.05, 0.1) is 5.69 Å². The first-order valence-electron chi connectivity index (χ1n) is 18.9. The van der Waals surface area contributed by atoms with Crippen molar-refractivity contribution in [2.75, 3.05) is 4.90 Å². The minimum atomic E-state index is -1.94. The molecule has 51 heavy (non-hydrogen) atoms. The summed E-state index contributed by atoms with van der Waals surface area (Å²) in [6.07, 6.45) is 2.19. The van der Waals surface area contributed by atoms with Crippen molar-refractivity contribution in [3.63, 3.8) is 0 Å². The molecule has 0 atom stereocenters. The average molecular weight is 686 g/mol. The van der Waals surface area contributed by atoms with Crippen molar-refractivity contribution in [1.82, 2.24) is 0 Å². The van der Waals surface area contributed by atoms with Crippen molar-refractivity contribution in [3.05, 3.63) is 107 Å². The molecule has 0 saturated heterocycles. The van der Waals surface area contributed by atoms with Crippen LogP contribution in [0.15, 0.2) is 84.9 Å². The van der Waals surface area contributed by atoms with Crippen LogP contribution in [0.2, 0.25) is 13.1 Å². The average Bonchev–Trinajstić information content (AvgIpc) is 3.39. The Hall–Kier alpha value is -4.22. The molecule has 5 aliphatic rings. The summed E-state index contributed by atoms with van der Waals surface area (Å²) < 4.78 is 14.7. The first-order valence-corrected chi connectivity index (χ1v) is 21.9. The molecule has 3 heterocycles. The molecule has 10 rings (SSSR count). The number of fused-ring (bicyclic) bond motifs is 10. The summed E-state index contributed by atoms with van der Waals surface area (Å²) in [7, 11) is -1.94. The monoisotopic (exact) mass is 685 g/mol. The molecule has 3 nitrogen and oxygen atoms in total. The van der Waals surface area contributed by atoms with E-state index in [1.807, 2.05) is 0 Å². The molecule has 0 spiro atoms. The maximum atomic E-state index is 7.33. The second kappa shape index (κ2) is 9.60. The molecule has 0 unspecified atom stereocenters. The van der Waals surface area contributed by atoms with Gasteiger partial charge in [-0.05, 0) is 79.1 Å². The highest BCUT2D eigenvalue weighted by atomic mass is 28.3. The lowest BCUT2D eigenvalue weighted by atomic mass is 9.34. The molecule has 0 N–H and O–H groups in total. The van der Waals surface area contributed by atoms with Crippen LogP contribution in [-0.2, 0) is 21.7 Å². The molecule has 5 aromatic carbocycles. The third kappa shape index (κ3) is 4.02. The molecule has 0 radical (unpaired) electrons. The third-order valence-electron chi connectivity index (χ3n) is 13.3. The minimum absolute atomic E-state index is 0.0129. The van der Waals surface area contributed by atoms with Crippen LogP contribution in [0.4, 0.5) is 17.1 Å². The second-order valence-corrected chi connectivity index (χ2v) is 23.5. The van der Waals surface area contributed by atoms with Crippen LogP contribution in [0.5, 0.6) is 23.0 Å². The van der Waals surface area contributed by atoms with Gasteiger partial charge in [-0.1, -0.05) is 129 Å². The van der Waals surface area contributed by atoms with Gasteiger partial charge in [-0.25, -0.2) is 0 Å². The van der Waals surface area contributed by atoms with Crippen LogP contribution >= 0.6 is 0 Å². The van der Waals surface area contributed by atoms with E-state index in [9.17, 15) is 0 Å². The van der Waals surface area contributed by atoms with Crippen LogP contribution in [-0.4, -0.2) is 14.8 Å². The summed E-state index contributed by atoms with van der Waals surface area (Å²) in [4.78, 5) is 2.47. The normalized spacial score (nSPS) is 20.8. The van der Waals surface area contributed by atoms with Gasteiger partial charge < -0.3 is 14.4 Å². The Morgan fingerprint density at radius 2 is 1.00 bits per heavy atom. The molecular formula is C46H48BNO2Si. The highest BCUT2D eigenvalue weighted by Gasteiger charge is 2.52. The second-order valence-electron chi connectivity index (χ2n) is 19.2. The van der Waals surface area contributed by atoms with Crippen LogP contribution in [0.25, 0.3) is 0 Å². The largest absolute Gasteiger partial charge is 0.458 e. The van der Waals surface area contributed by atoms with E-state index >= 15 is 0 Å². The van der Waals surface area contributed by atoms with Crippen LogP contribution in [0.3, 0.4) is 0 Å². The van der Waals surface area contributed by atoms with Gasteiger partial charge in [0, 0.05) is 40.1 Å². The number of hydrogen-bond acceptors (Lipinski definition) is 3. The van der Waals surface area contributed by atoms with E-state index in [1.165, 1.54) is 54.9 Å². The predicted octanol–water partition coefficient (Wildman–Crippen LogP) is 8.94. The van der Waals surface area contributed by atoms with Gasteiger partial charge in [-0.2, -0.15) is 0 Å². The standard InChI is InChI=1S/C46H48BNO2Si/c1-43(2)25-45(5,6)38-28(43)19-21-30-41(38)49-34-23-27(48-32-15-11-13-17-36(32)51(9,10)37-18-14-12-16-33(37)48)24-35-40(34)47(30)31-22-20-29-39(42(31)50-35)46(7,8)26-44(29,3)4/h11-24H,25-26H2,1-10H3. The van der Waals surface area contributed by atoms with Crippen molar-refractivity contribution in [2.24, 2.45) is 0 Å². The predicted molar refractivity (Wildman–Crippen MR) is 217 cm³/mol.